The predicted octanol–water partition coefficient (Wildman–Crippen LogP) is 1.46. The molecule has 3 N–H and O–H groups in total. The highest BCUT2D eigenvalue weighted by molar-refractivity contribution is 7.22. The molecule has 1 aromatic heterocycles. The number of rotatable bonds is 2. The molecule has 19 heavy (non-hydrogen) atoms. The molecule has 1 aliphatic rings. The van der Waals surface area contributed by atoms with Crippen LogP contribution in [0.15, 0.2) is 18.2 Å². The highest BCUT2D eigenvalue weighted by Gasteiger charge is 2.27. The molecular weight excluding hydrogens is 262 g/mol. The molecule has 0 amide bonds. The van der Waals surface area contributed by atoms with Gasteiger partial charge in [-0.25, -0.2) is 4.98 Å². The van der Waals surface area contributed by atoms with Crippen LogP contribution in [0.25, 0.3) is 10.2 Å². The Bertz CT molecular complexity index is 586. The third-order valence-corrected chi connectivity index (χ3v) is 4.41. The van der Waals surface area contributed by atoms with E-state index in [1.807, 2.05) is 18.2 Å². The molecule has 1 saturated heterocycles. The van der Waals surface area contributed by atoms with Gasteiger partial charge < -0.3 is 20.5 Å². The van der Waals surface area contributed by atoms with Gasteiger partial charge in [0.25, 0.3) is 0 Å². The summed E-state index contributed by atoms with van der Waals surface area (Å²) in [6.45, 7) is 3.44. The van der Waals surface area contributed by atoms with E-state index in [1.165, 1.54) is 0 Å². The number of aromatic nitrogens is 1. The van der Waals surface area contributed by atoms with E-state index in [9.17, 15) is 5.11 Å². The molecule has 0 radical (unpaired) electrons. The van der Waals surface area contributed by atoms with Crippen LogP contribution in [0, 0.1) is 0 Å². The van der Waals surface area contributed by atoms with Crippen molar-refractivity contribution in [2.75, 3.05) is 30.4 Å². The molecule has 1 fully saturated rings. The average molecular weight is 279 g/mol. The fourth-order valence-electron chi connectivity index (χ4n) is 2.25. The molecule has 2 unspecified atom stereocenters. The lowest BCUT2D eigenvalue weighted by Crippen LogP contribution is -2.49. The molecule has 2 aromatic rings. The van der Waals surface area contributed by atoms with Gasteiger partial charge in [0, 0.05) is 12.2 Å². The average Bonchev–Trinajstić information content (AvgIpc) is 2.82. The van der Waals surface area contributed by atoms with Crippen LogP contribution in [0.4, 0.5) is 10.8 Å². The monoisotopic (exact) mass is 279 g/mol. The Balaban J connectivity index is 1.93. The van der Waals surface area contributed by atoms with Crippen molar-refractivity contribution in [3.63, 3.8) is 0 Å². The summed E-state index contributed by atoms with van der Waals surface area (Å²) >= 11 is 1.63. The smallest absolute Gasteiger partial charge is 0.186 e. The minimum atomic E-state index is -0.131. The Labute approximate surface area is 115 Å². The quantitative estimate of drug-likeness (QED) is 0.814. The van der Waals surface area contributed by atoms with E-state index in [4.69, 9.17) is 10.5 Å². The SMILES string of the molecule is CC1COC(CO)CN1c1nc2ccc(N)cc2s1. The molecule has 0 aliphatic carbocycles. The number of aliphatic hydroxyl groups excluding tert-OH is 1. The number of morpholine rings is 1. The molecular formula is C13H17N3O2S. The molecule has 1 aliphatic heterocycles. The second-order valence-electron chi connectivity index (χ2n) is 4.86. The first kappa shape index (κ1) is 12.7. The summed E-state index contributed by atoms with van der Waals surface area (Å²) in [5.41, 5.74) is 7.52. The van der Waals surface area contributed by atoms with Crippen LogP contribution in [0.3, 0.4) is 0 Å². The van der Waals surface area contributed by atoms with Crippen LogP contribution in [0.1, 0.15) is 6.92 Å². The molecule has 1 aromatic carbocycles. The Morgan fingerprint density at radius 1 is 1.58 bits per heavy atom. The minimum absolute atomic E-state index is 0.0427. The van der Waals surface area contributed by atoms with Crippen molar-refractivity contribution in [3.05, 3.63) is 18.2 Å². The number of hydrogen-bond donors (Lipinski definition) is 2. The minimum Gasteiger partial charge on any atom is -0.399 e. The van der Waals surface area contributed by atoms with E-state index in [1.54, 1.807) is 11.3 Å². The summed E-state index contributed by atoms with van der Waals surface area (Å²) in [6.07, 6.45) is -0.131. The third kappa shape index (κ3) is 2.39. The second kappa shape index (κ2) is 4.96. The van der Waals surface area contributed by atoms with Crippen molar-refractivity contribution in [1.29, 1.82) is 0 Å². The first-order valence-electron chi connectivity index (χ1n) is 6.32. The lowest BCUT2D eigenvalue weighted by atomic mass is 10.2. The number of benzene rings is 1. The number of aliphatic hydroxyl groups is 1. The topological polar surface area (TPSA) is 71.6 Å². The fraction of sp³-hybridized carbons (Fsp3) is 0.462. The van der Waals surface area contributed by atoms with Gasteiger partial charge in [0.15, 0.2) is 5.13 Å². The predicted molar refractivity (Wildman–Crippen MR) is 77.7 cm³/mol. The van der Waals surface area contributed by atoms with Gasteiger partial charge in [-0.05, 0) is 25.1 Å². The van der Waals surface area contributed by atoms with Crippen molar-refractivity contribution >= 4 is 32.4 Å². The third-order valence-electron chi connectivity index (χ3n) is 3.36. The number of thiazole rings is 1. The molecule has 5 nitrogen and oxygen atoms in total. The number of anilines is 2. The zero-order valence-electron chi connectivity index (χ0n) is 10.7. The van der Waals surface area contributed by atoms with Crippen LogP contribution >= 0.6 is 11.3 Å². The molecule has 6 heteroatoms. The number of nitrogens with zero attached hydrogens (tertiary/aromatic N) is 2. The Kier molecular flexibility index (Phi) is 3.30. The first-order valence-corrected chi connectivity index (χ1v) is 7.14. The van der Waals surface area contributed by atoms with Gasteiger partial charge in [0.1, 0.15) is 0 Å². The van der Waals surface area contributed by atoms with Gasteiger partial charge in [0.2, 0.25) is 0 Å². The maximum absolute atomic E-state index is 9.23. The molecule has 102 valence electrons. The van der Waals surface area contributed by atoms with Gasteiger partial charge in [-0.1, -0.05) is 11.3 Å². The van der Waals surface area contributed by atoms with E-state index in [-0.39, 0.29) is 18.8 Å². The molecule has 3 rings (SSSR count). The largest absolute Gasteiger partial charge is 0.399 e. The standard InChI is InChI=1S/C13H17N3O2S/c1-8-7-18-10(6-17)5-16(8)13-15-11-3-2-9(14)4-12(11)19-13/h2-4,8,10,17H,5-7,14H2,1H3. The molecule has 0 spiro atoms. The zero-order valence-corrected chi connectivity index (χ0v) is 11.6. The number of fused-ring (bicyclic) bond motifs is 1. The van der Waals surface area contributed by atoms with E-state index >= 15 is 0 Å². The van der Waals surface area contributed by atoms with E-state index in [0.29, 0.717) is 13.2 Å². The van der Waals surface area contributed by atoms with Gasteiger partial charge >= 0.3 is 0 Å². The lowest BCUT2D eigenvalue weighted by Gasteiger charge is -2.37. The number of nitrogens with two attached hydrogens (primary N) is 1. The fourth-order valence-corrected chi connectivity index (χ4v) is 3.37. The van der Waals surface area contributed by atoms with Crippen LogP contribution in [0.2, 0.25) is 0 Å². The van der Waals surface area contributed by atoms with Crippen molar-refractivity contribution in [1.82, 2.24) is 4.98 Å². The number of nitrogen functional groups attached to an aromatic ring is 1. The highest BCUT2D eigenvalue weighted by Crippen LogP contribution is 2.32. The van der Waals surface area contributed by atoms with Gasteiger partial charge in [0.05, 0.1) is 35.6 Å². The van der Waals surface area contributed by atoms with Gasteiger partial charge in [-0.2, -0.15) is 0 Å². The molecule has 0 saturated carbocycles. The maximum Gasteiger partial charge on any atom is 0.186 e. The lowest BCUT2D eigenvalue weighted by molar-refractivity contribution is -0.0103. The summed E-state index contributed by atoms with van der Waals surface area (Å²) in [6, 6.07) is 6.02. The van der Waals surface area contributed by atoms with Gasteiger partial charge in [-0.15, -0.1) is 0 Å². The van der Waals surface area contributed by atoms with Crippen LogP contribution in [-0.2, 0) is 4.74 Å². The molecule has 2 atom stereocenters. The number of hydrogen-bond acceptors (Lipinski definition) is 6. The van der Waals surface area contributed by atoms with E-state index < -0.39 is 0 Å². The summed E-state index contributed by atoms with van der Waals surface area (Å²) in [5, 5.41) is 10.2. The van der Waals surface area contributed by atoms with Crippen molar-refractivity contribution in [3.8, 4) is 0 Å². The normalized spacial score (nSPS) is 24.0. The first-order chi connectivity index (χ1) is 9.17. The number of ether oxygens (including phenoxy) is 1. The van der Waals surface area contributed by atoms with E-state index in [0.717, 1.165) is 21.0 Å². The summed E-state index contributed by atoms with van der Waals surface area (Å²) in [7, 11) is 0. The van der Waals surface area contributed by atoms with Gasteiger partial charge in [-0.3, -0.25) is 0 Å². The summed E-state index contributed by atoms with van der Waals surface area (Å²) < 4.78 is 6.64. The zero-order chi connectivity index (χ0) is 13.4. The highest BCUT2D eigenvalue weighted by atomic mass is 32.1. The molecule has 2 heterocycles. The Hall–Kier alpha value is -1.37. The maximum atomic E-state index is 9.23. The van der Waals surface area contributed by atoms with Crippen molar-refractivity contribution < 1.29 is 9.84 Å². The Morgan fingerprint density at radius 3 is 3.21 bits per heavy atom. The van der Waals surface area contributed by atoms with Crippen LogP contribution in [0.5, 0.6) is 0 Å². The molecule has 0 bridgehead atoms. The van der Waals surface area contributed by atoms with Crippen LogP contribution in [-0.4, -0.2) is 42.0 Å². The van der Waals surface area contributed by atoms with Crippen molar-refractivity contribution in [2.24, 2.45) is 0 Å². The summed E-state index contributed by atoms with van der Waals surface area (Å²) in [4.78, 5) is 6.85. The Morgan fingerprint density at radius 2 is 2.42 bits per heavy atom. The van der Waals surface area contributed by atoms with E-state index in [2.05, 4.69) is 16.8 Å². The van der Waals surface area contributed by atoms with Crippen LogP contribution < -0.4 is 10.6 Å². The van der Waals surface area contributed by atoms with Crippen molar-refractivity contribution in [2.45, 2.75) is 19.1 Å². The second-order valence-corrected chi connectivity index (χ2v) is 5.87. The summed E-state index contributed by atoms with van der Waals surface area (Å²) in [5.74, 6) is 0.